The maximum absolute atomic E-state index is 14.4. The molecule has 0 saturated carbocycles. The van der Waals surface area contributed by atoms with Gasteiger partial charge in [0.2, 0.25) is 0 Å². The average Bonchev–Trinajstić information content (AvgIpc) is 2.83. The lowest BCUT2D eigenvalue weighted by Crippen LogP contribution is -2.44. The van der Waals surface area contributed by atoms with Gasteiger partial charge in [-0.2, -0.15) is 13.2 Å². The number of halogens is 4. The van der Waals surface area contributed by atoms with Crippen LogP contribution < -0.4 is 5.32 Å². The Morgan fingerprint density at radius 2 is 1.76 bits per heavy atom. The maximum atomic E-state index is 14.4. The van der Waals surface area contributed by atoms with Crippen molar-refractivity contribution in [2.75, 3.05) is 13.2 Å². The van der Waals surface area contributed by atoms with Crippen LogP contribution in [0.15, 0.2) is 66.7 Å². The third kappa shape index (κ3) is 5.22. The van der Waals surface area contributed by atoms with Gasteiger partial charge in [-0.15, -0.1) is 0 Å². The Labute approximate surface area is 194 Å². The van der Waals surface area contributed by atoms with Crippen LogP contribution >= 0.6 is 0 Å². The lowest BCUT2D eigenvalue weighted by Gasteiger charge is -2.32. The van der Waals surface area contributed by atoms with Crippen LogP contribution in [0.25, 0.3) is 11.1 Å². The predicted octanol–water partition coefficient (Wildman–Crippen LogP) is 5.70. The van der Waals surface area contributed by atoms with E-state index in [1.807, 2.05) is 30.3 Å². The molecule has 0 aromatic heterocycles. The number of fused-ring (bicyclic) bond motifs is 1. The van der Waals surface area contributed by atoms with Crippen molar-refractivity contribution >= 4 is 6.03 Å². The highest BCUT2D eigenvalue weighted by Crippen LogP contribution is 2.35. The molecule has 34 heavy (non-hydrogen) atoms. The number of benzene rings is 3. The number of aliphatic hydroxyl groups is 1. The van der Waals surface area contributed by atoms with Gasteiger partial charge in [-0.25, -0.2) is 9.18 Å². The molecular weight excluding hydrogens is 448 g/mol. The van der Waals surface area contributed by atoms with Crippen LogP contribution in [-0.4, -0.2) is 29.2 Å². The minimum absolute atomic E-state index is 0.0929. The SMILES string of the molecule is O=C(N[C@@H](CCO)c1ccccc1)N1CCc2c(cc(F)cc2-c2ccc(C(F)(F)F)cc2)C1. The van der Waals surface area contributed by atoms with Gasteiger partial charge in [0.15, 0.2) is 0 Å². The molecule has 3 aromatic rings. The highest BCUT2D eigenvalue weighted by atomic mass is 19.4. The van der Waals surface area contributed by atoms with E-state index in [0.717, 1.165) is 23.3 Å². The summed E-state index contributed by atoms with van der Waals surface area (Å²) in [5, 5.41) is 12.4. The Morgan fingerprint density at radius 1 is 1.06 bits per heavy atom. The molecule has 0 radical (unpaired) electrons. The molecular formula is C26H24F4N2O2. The number of carbonyl (C=O) groups excluding carboxylic acids is 1. The van der Waals surface area contributed by atoms with Gasteiger partial charge in [0.25, 0.3) is 0 Å². The smallest absolute Gasteiger partial charge is 0.396 e. The summed E-state index contributed by atoms with van der Waals surface area (Å²) < 4.78 is 53.2. The third-order valence-corrected chi connectivity index (χ3v) is 6.03. The van der Waals surface area contributed by atoms with Crippen molar-refractivity contribution in [2.45, 2.75) is 31.6 Å². The Bertz CT molecular complexity index is 1150. The van der Waals surface area contributed by atoms with Gasteiger partial charge < -0.3 is 15.3 Å². The number of rotatable bonds is 5. The number of hydrogen-bond acceptors (Lipinski definition) is 2. The second kappa shape index (κ2) is 9.85. The van der Waals surface area contributed by atoms with E-state index in [2.05, 4.69) is 5.32 Å². The molecule has 1 atom stereocenters. The minimum atomic E-state index is -4.44. The van der Waals surface area contributed by atoms with E-state index in [0.29, 0.717) is 36.1 Å². The van der Waals surface area contributed by atoms with Crippen molar-refractivity contribution in [3.8, 4) is 11.1 Å². The average molecular weight is 472 g/mol. The van der Waals surface area contributed by atoms with Crippen molar-refractivity contribution < 1.29 is 27.5 Å². The van der Waals surface area contributed by atoms with Crippen molar-refractivity contribution in [3.05, 3.63) is 94.8 Å². The monoisotopic (exact) mass is 472 g/mol. The van der Waals surface area contributed by atoms with Gasteiger partial charge in [0, 0.05) is 19.7 Å². The summed E-state index contributed by atoms with van der Waals surface area (Å²) in [6.07, 6.45) is -3.65. The molecule has 2 amide bonds. The molecule has 0 unspecified atom stereocenters. The molecule has 0 fully saturated rings. The fourth-order valence-corrected chi connectivity index (χ4v) is 4.31. The van der Waals surface area contributed by atoms with E-state index in [1.165, 1.54) is 24.3 Å². The second-order valence-electron chi connectivity index (χ2n) is 8.26. The quantitative estimate of drug-likeness (QED) is 0.468. The first-order valence-electron chi connectivity index (χ1n) is 11.0. The summed E-state index contributed by atoms with van der Waals surface area (Å²) in [5.74, 6) is -0.515. The van der Waals surface area contributed by atoms with Gasteiger partial charge in [-0.3, -0.25) is 0 Å². The summed E-state index contributed by atoms with van der Waals surface area (Å²) in [6, 6.07) is 16.0. The van der Waals surface area contributed by atoms with E-state index in [4.69, 9.17) is 0 Å². The summed E-state index contributed by atoms with van der Waals surface area (Å²) in [4.78, 5) is 14.5. The van der Waals surface area contributed by atoms with Gasteiger partial charge in [0.05, 0.1) is 11.6 Å². The van der Waals surface area contributed by atoms with Crippen LogP contribution in [0.4, 0.5) is 22.4 Å². The third-order valence-electron chi connectivity index (χ3n) is 6.03. The molecule has 1 aliphatic heterocycles. The van der Waals surface area contributed by atoms with E-state index < -0.39 is 17.6 Å². The van der Waals surface area contributed by atoms with Crippen molar-refractivity contribution in [2.24, 2.45) is 0 Å². The highest BCUT2D eigenvalue weighted by molar-refractivity contribution is 5.76. The van der Waals surface area contributed by atoms with Gasteiger partial charge in [-0.1, -0.05) is 42.5 Å². The number of urea groups is 1. The number of hydrogen-bond donors (Lipinski definition) is 2. The van der Waals surface area contributed by atoms with Gasteiger partial charge in [-0.05, 0) is 64.9 Å². The topological polar surface area (TPSA) is 52.6 Å². The second-order valence-corrected chi connectivity index (χ2v) is 8.26. The fraction of sp³-hybridized carbons (Fsp3) is 0.269. The van der Waals surface area contributed by atoms with E-state index in [1.54, 1.807) is 4.90 Å². The lowest BCUT2D eigenvalue weighted by molar-refractivity contribution is -0.137. The van der Waals surface area contributed by atoms with Crippen LogP contribution in [-0.2, 0) is 19.1 Å². The van der Waals surface area contributed by atoms with Crippen LogP contribution in [0.2, 0.25) is 0 Å². The van der Waals surface area contributed by atoms with Crippen LogP contribution in [0.1, 0.15) is 34.7 Å². The van der Waals surface area contributed by atoms with Crippen molar-refractivity contribution in [3.63, 3.8) is 0 Å². The first kappa shape index (κ1) is 23.8. The van der Waals surface area contributed by atoms with Crippen molar-refractivity contribution in [1.82, 2.24) is 10.2 Å². The van der Waals surface area contributed by atoms with E-state index >= 15 is 0 Å². The van der Waals surface area contributed by atoms with Crippen LogP contribution in [0, 0.1) is 5.82 Å². The first-order chi connectivity index (χ1) is 16.3. The molecule has 0 saturated heterocycles. The zero-order chi connectivity index (χ0) is 24.3. The van der Waals surface area contributed by atoms with Gasteiger partial charge in [0.1, 0.15) is 5.82 Å². The molecule has 4 rings (SSSR count). The molecule has 0 aliphatic carbocycles. The van der Waals surface area contributed by atoms with Gasteiger partial charge >= 0.3 is 12.2 Å². The Hall–Kier alpha value is -3.39. The van der Waals surface area contributed by atoms with Crippen LogP contribution in [0.3, 0.4) is 0 Å². The van der Waals surface area contributed by atoms with Crippen molar-refractivity contribution in [1.29, 1.82) is 0 Å². The number of nitrogens with one attached hydrogen (secondary N) is 1. The Morgan fingerprint density at radius 3 is 2.41 bits per heavy atom. The molecule has 3 aromatic carbocycles. The lowest BCUT2D eigenvalue weighted by atomic mass is 9.90. The summed E-state index contributed by atoms with van der Waals surface area (Å²) in [7, 11) is 0. The molecule has 0 bridgehead atoms. The zero-order valence-electron chi connectivity index (χ0n) is 18.3. The molecule has 8 heteroatoms. The number of carbonyl (C=O) groups is 1. The number of alkyl halides is 3. The Balaban J connectivity index is 1.54. The van der Waals surface area contributed by atoms with Crippen LogP contribution in [0.5, 0.6) is 0 Å². The van der Waals surface area contributed by atoms with E-state index in [-0.39, 0.29) is 25.2 Å². The normalized spacial score (nSPS) is 14.4. The summed E-state index contributed by atoms with van der Waals surface area (Å²) >= 11 is 0. The Kier molecular flexibility index (Phi) is 6.88. The molecule has 1 heterocycles. The molecule has 1 aliphatic rings. The highest BCUT2D eigenvalue weighted by Gasteiger charge is 2.30. The largest absolute Gasteiger partial charge is 0.416 e. The molecule has 2 N–H and O–H groups in total. The fourth-order valence-electron chi connectivity index (χ4n) is 4.31. The number of aliphatic hydroxyl groups excluding tert-OH is 1. The maximum Gasteiger partial charge on any atom is 0.416 e. The van der Waals surface area contributed by atoms with E-state index in [9.17, 15) is 27.5 Å². The first-order valence-corrected chi connectivity index (χ1v) is 11.0. The number of nitrogens with zero attached hydrogens (tertiary/aromatic N) is 1. The molecule has 4 nitrogen and oxygen atoms in total. The number of amides is 2. The minimum Gasteiger partial charge on any atom is -0.396 e. The standard InChI is InChI=1S/C26H24F4N2O2/c27-21-14-19-16-32(25(34)31-24(11-13-33)18-4-2-1-3-5-18)12-10-22(19)23(15-21)17-6-8-20(9-7-17)26(28,29)30/h1-9,14-15,24,33H,10-13,16H2,(H,31,34)/t24-/m0/s1. The summed E-state index contributed by atoms with van der Waals surface area (Å²) in [5.41, 5.74) is 2.58. The molecule has 178 valence electrons. The summed E-state index contributed by atoms with van der Waals surface area (Å²) in [6.45, 7) is 0.455. The molecule has 0 spiro atoms. The zero-order valence-corrected chi connectivity index (χ0v) is 18.3. The predicted molar refractivity (Wildman–Crippen MR) is 120 cm³/mol.